The fraction of sp³-hybridized carbons (Fsp3) is 0.455. The zero-order chi connectivity index (χ0) is 14.9. The summed E-state index contributed by atoms with van der Waals surface area (Å²) >= 11 is 0. The zero-order valence-electron chi connectivity index (χ0n) is 10.4. The first-order chi connectivity index (χ1) is 9.37. The molecule has 1 aliphatic heterocycles. The van der Waals surface area contributed by atoms with Crippen LogP contribution >= 0.6 is 0 Å². The van der Waals surface area contributed by atoms with Crippen LogP contribution in [0.25, 0.3) is 0 Å². The smallest absolute Gasteiger partial charge is 0.246 e. The zero-order valence-corrected chi connectivity index (χ0v) is 12.0. The maximum absolute atomic E-state index is 14.0. The molecule has 0 atom stereocenters. The second-order valence-corrected chi connectivity index (χ2v) is 7.85. The molecule has 0 radical (unpaired) electrons. The van der Waals surface area contributed by atoms with E-state index < -0.39 is 49.5 Å². The van der Waals surface area contributed by atoms with E-state index in [0.717, 1.165) is 16.4 Å². The number of rotatable bonds is 3. The van der Waals surface area contributed by atoms with Crippen molar-refractivity contribution in [1.82, 2.24) is 4.31 Å². The van der Waals surface area contributed by atoms with Crippen molar-refractivity contribution >= 4 is 20.8 Å². The van der Waals surface area contributed by atoms with Crippen LogP contribution in [0.4, 0.5) is 8.78 Å². The third-order valence-corrected chi connectivity index (χ3v) is 6.26. The molecule has 112 valence electrons. The van der Waals surface area contributed by atoms with Gasteiger partial charge in [0.2, 0.25) is 10.0 Å². The summed E-state index contributed by atoms with van der Waals surface area (Å²) in [6, 6.07) is 1.65. The predicted molar refractivity (Wildman–Crippen MR) is 68.9 cm³/mol. The van der Waals surface area contributed by atoms with E-state index in [1.54, 1.807) is 0 Å². The van der Waals surface area contributed by atoms with Crippen molar-refractivity contribution in [2.75, 3.05) is 24.6 Å². The Hall–Kier alpha value is -0.900. The van der Waals surface area contributed by atoms with Crippen LogP contribution in [0.15, 0.2) is 17.0 Å². The summed E-state index contributed by atoms with van der Waals surface area (Å²) < 4.78 is 64.0. The maximum atomic E-state index is 14.0. The molecule has 9 heteroatoms. The minimum absolute atomic E-state index is 0.0280. The van der Waals surface area contributed by atoms with Gasteiger partial charge in [0, 0.05) is 35.4 Å². The third kappa shape index (κ3) is 2.76. The summed E-state index contributed by atoms with van der Waals surface area (Å²) in [6.07, 6.45) is 0. The van der Waals surface area contributed by atoms with Gasteiger partial charge in [-0.25, -0.2) is 17.2 Å². The van der Waals surface area contributed by atoms with Gasteiger partial charge < -0.3 is 5.11 Å². The van der Waals surface area contributed by atoms with Gasteiger partial charge in [0.25, 0.3) is 0 Å². The normalized spacial score (nSPS) is 18.4. The molecule has 5 nitrogen and oxygen atoms in total. The lowest BCUT2D eigenvalue weighted by Crippen LogP contribution is -2.42. The van der Waals surface area contributed by atoms with E-state index in [4.69, 9.17) is 5.11 Å². The molecule has 1 aliphatic rings. The van der Waals surface area contributed by atoms with Crippen LogP contribution < -0.4 is 0 Å². The highest BCUT2D eigenvalue weighted by atomic mass is 32.2. The number of hydrogen-bond acceptors (Lipinski definition) is 4. The molecule has 0 amide bonds. The molecule has 1 fully saturated rings. The van der Waals surface area contributed by atoms with Crippen LogP contribution in [0.3, 0.4) is 0 Å². The van der Waals surface area contributed by atoms with Gasteiger partial charge in [-0.3, -0.25) is 4.21 Å². The Morgan fingerprint density at radius 2 is 1.85 bits per heavy atom. The average molecular weight is 325 g/mol. The van der Waals surface area contributed by atoms with Crippen molar-refractivity contribution < 1.29 is 26.5 Å². The summed E-state index contributed by atoms with van der Waals surface area (Å²) in [5.41, 5.74) is -0.674. The summed E-state index contributed by atoms with van der Waals surface area (Å²) in [6.45, 7) is -0.870. The van der Waals surface area contributed by atoms with Crippen molar-refractivity contribution in [2.45, 2.75) is 11.5 Å². The minimum Gasteiger partial charge on any atom is -0.391 e. The van der Waals surface area contributed by atoms with E-state index in [1.165, 1.54) is 0 Å². The van der Waals surface area contributed by atoms with Gasteiger partial charge in [-0.2, -0.15) is 4.31 Å². The molecule has 0 saturated carbocycles. The molecule has 0 spiro atoms. The Morgan fingerprint density at radius 3 is 2.40 bits per heavy atom. The Kier molecular flexibility index (Phi) is 4.52. The molecule has 1 heterocycles. The Bertz CT molecular complexity index is 638. The van der Waals surface area contributed by atoms with Crippen LogP contribution in [0.1, 0.15) is 5.56 Å². The fourth-order valence-corrected chi connectivity index (χ4v) is 4.74. The maximum Gasteiger partial charge on any atom is 0.246 e. The minimum atomic E-state index is -4.12. The van der Waals surface area contributed by atoms with Crippen molar-refractivity contribution in [2.24, 2.45) is 0 Å². The molecule has 1 saturated heterocycles. The standard InChI is InChI=1S/C11H13F2NO4S2/c12-9-1-2-10(11(13)8(9)7-15)20(17,18)14-3-5-19(16)6-4-14/h1-2,15H,3-7H2. The van der Waals surface area contributed by atoms with E-state index in [0.29, 0.717) is 0 Å². The number of benzene rings is 1. The summed E-state index contributed by atoms with van der Waals surface area (Å²) in [7, 11) is -5.19. The van der Waals surface area contributed by atoms with Gasteiger partial charge in [-0.15, -0.1) is 0 Å². The average Bonchev–Trinajstić information content (AvgIpc) is 2.39. The second kappa shape index (κ2) is 5.84. The third-order valence-electron chi connectivity index (χ3n) is 3.06. The number of aliphatic hydroxyl groups is 1. The summed E-state index contributed by atoms with van der Waals surface area (Å²) in [4.78, 5) is -0.671. The molecule has 1 aromatic rings. The second-order valence-electron chi connectivity index (χ2n) is 4.25. The number of sulfonamides is 1. The van der Waals surface area contributed by atoms with Crippen LogP contribution in [0, 0.1) is 11.6 Å². The lowest BCUT2D eigenvalue weighted by molar-refractivity contribution is 0.267. The van der Waals surface area contributed by atoms with Gasteiger partial charge in [-0.05, 0) is 12.1 Å². The summed E-state index contributed by atoms with van der Waals surface area (Å²) in [5.74, 6) is -1.90. The number of aliphatic hydroxyl groups excluding tert-OH is 1. The molecule has 1 N–H and O–H groups in total. The van der Waals surface area contributed by atoms with E-state index in [9.17, 15) is 21.4 Å². The fourth-order valence-electron chi connectivity index (χ4n) is 1.92. The molecule has 1 aromatic carbocycles. The quantitative estimate of drug-likeness (QED) is 0.862. The molecule has 20 heavy (non-hydrogen) atoms. The SMILES string of the molecule is O=S1CCN(S(=O)(=O)c2ccc(F)c(CO)c2F)CC1. The highest BCUT2D eigenvalue weighted by Crippen LogP contribution is 2.24. The van der Waals surface area contributed by atoms with Crippen LogP contribution in [-0.4, -0.2) is 46.6 Å². The highest BCUT2D eigenvalue weighted by Gasteiger charge is 2.31. The lowest BCUT2D eigenvalue weighted by atomic mass is 10.2. The largest absolute Gasteiger partial charge is 0.391 e. The molecule has 0 aliphatic carbocycles. The molecule has 0 bridgehead atoms. The number of halogens is 2. The Labute approximate surface area is 117 Å². The number of hydrogen-bond donors (Lipinski definition) is 1. The van der Waals surface area contributed by atoms with Crippen LogP contribution in [-0.2, 0) is 27.4 Å². The number of nitrogens with zero attached hydrogens (tertiary/aromatic N) is 1. The Morgan fingerprint density at radius 1 is 1.25 bits per heavy atom. The molecular weight excluding hydrogens is 312 g/mol. The molecule has 0 aromatic heterocycles. The lowest BCUT2D eigenvalue weighted by Gasteiger charge is -2.26. The van der Waals surface area contributed by atoms with Crippen molar-refractivity contribution in [1.29, 1.82) is 0 Å². The first-order valence-electron chi connectivity index (χ1n) is 5.80. The molecule has 2 rings (SSSR count). The first-order valence-corrected chi connectivity index (χ1v) is 8.73. The van der Waals surface area contributed by atoms with E-state index in [2.05, 4.69) is 0 Å². The van der Waals surface area contributed by atoms with Gasteiger partial charge in [0.15, 0.2) is 5.82 Å². The van der Waals surface area contributed by atoms with Gasteiger partial charge >= 0.3 is 0 Å². The topological polar surface area (TPSA) is 74.7 Å². The Balaban J connectivity index is 2.42. The van der Waals surface area contributed by atoms with Crippen LogP contribution in [0.5, 0.6) is 0 Å². The predicted octanol–water partition coefficient (Wildman–Crippen LogP) is 0.210. The molecule has 0 unspecified atom stereocenters. The summed E-state index contributed by atoms with van der Waals surface area (Å²) in [5, 5.41) is 8.91. The molecular formula is C11H13F2NO4S2. The van der Waals surface area contributed by atoms with E-state index >= 15 is 0 Å². The van der Waals surface area contributed by atoms with Gasteiger partial charge in [0.1, 0.15) is 10.7 Å². The highest BCUT2D eigenvalue weighted by molar-refractivity contribution is 7.89. The van der Waals surface area contributed by atoms with Gasteiger partial charge in [0.05, 0.1) is 12.2 Å². The van der Waals surface area contributed by atoms with Crippen molar-refractivity contribution in [3.05, 3.63) is 29.3 Å². The van der Waals surface area contributed by atoms with Crippen molar-refractivity contribution in [3.8, 4) is 0 Å². The van der Waals surface area contributed by atoms with E-state index in [-0.39, 0.29) is 24.6 Å². The van der Waals surface area contributed by atoms with Crippen molar-refractivity contribution in [3.63, 3.8) is 0 Å². The monoisotopic (exact) mass is 325 g/mol. The van der Waals surface area contributed by atoms with Crippen LogP contribution in [0.2, 0.25) is 0 Å². The first kappa shape index (κ1) is 15.5. The van der Waals surface area contributed by atoms with E-state index in [1.807, 2.05) is 0 Å². The van der Waals surface area contributed by atoms with Gasteiger partial charge in [-0.1, -0.05) is 0 Å².